The van der Waals surface area contributed by atoms with Crippen molar-refractivity contribution < 1.29 is 9.21 Å². The van der Waals surface area contributed by atoms with Crippen LogP contribution in [0, 0.1) is 12.8 Å². The summed E-state index contributed by atoms with van der Waals surface area (Å²) >= 11 is 0. The Bertz CT molecular complexity index is 838. The monoisotopic (exact) mass is 433 g/mol. The number of halogens is 1. The smallest absolute Gasteiger partial charge is 0.247 e. The lowest BCUT2D eigenvalue weighted by Crippen LogP contribution is -2.40. The molecule has 4 rings (SSSR count). The summed E-state index contributed by atoms with van der Waals surface area (Å²) in [5.74, 6) is 1.53. The molecular weight excluding hydrogens is 402 g/mol. The number of amides is 1. The summed E-state index contributed by atoms with van der Waals surface area (Å²) in [6.07, 6.45) is 1.99. The Balaban J connectivity index is 0.00000256. The molecule has 0 bridgehead atoms. The molecule has 0 radical (unpaired) electrons. The molecule has 0 aliphatic carbocycles. The minimum absolute atomic E-state index is 0. The van der Waals surface area contributed by atoms with Crippen molar-refractivity contribution in [1.29, 1.82) is 0 Å². The van der Waals surface area contributed by atoms with Crippen LogP contribution < -0.4 is 4.90 Å². The number of hydrogen-bond donors (Lipinski definition) is 0. The van der Waals surface area contributed by atoms with Crippen molar-refractivity contribution in [1.82, 2.24) is 20.0 Å². The predicted octanol–water partition coefficient (Wildman–Crippen LogP) is 3.24. The number of hydrogen-bond acceptors (Lipinski definition) is 6. The van der Waals surface area contributed by atoms with Gasteiger partial charge in [-0.15, -0.1) is 22.6 Å². The van der Waals surface area contributed by atoms with Gasteiger partial charge in [-0.1, -0.05) is 0 Å². The van der Waals surface area contributed by atoms with Gasteiger partial charge < -0.3 is 14.2 Å². The largest absolute Gasteiger partial charge is 0.421 e. The number of aromatic nitrogens is 2. The summed E-state index contributed by atoms with van der Waals surface area (Å²) in [6, 6.07) is 8.72. The highest BCUT2D eigenvalue weighted by molar-refractivity contribution is 5.85. The van der Waals surface area contributed by atoms with Crippen LogP contribution in [0.5, 0.6) is 0 Å². The molecule has 2 fully saturated rings. The van der Waals surface area contributed by atoms with Gasteiger partial charge in [-0.2, -0.15) is 0 Å². The molecule has 7 nitrogen and oxygen atoms in total. The first-order valence-electron chi connectivity index (χ1n) is 10.7. The average molecular weight is 434 g/mol. The summed E-state index contributed by atoms with van der Waals surface area (Å²) in [4.78, 5) is 20.0. The summed E-state index contributed by atoms with van der Waals surface area (Å²) in [7, 11) is 0. The maximum absolute atomic E-state index is 13.1. The molecular formula is C22H32ClN5O2. The van der Waals surface area contributed by atoms with Crippen LogP contribution in [0.4, 0.5) is 5.69 Å². The molecule has 0 N–H and O–H groups in total. The fourth-order valence-electron chi connectivity index (χ4n) is 4.36. The molecule has 3 heterocycles. The van der Waals surface area contributed by atoms with Gasteiger partial charge >= 0.3 is 0 Å². The molecule has 2 saturated heterocycles. The second-order valence-electron chi connectivity index (χ2n) is 8.41. The van der Waals surface area contributed by atoms with Gasteiger partial charge in [0.25, 0.3) is 0 Å². The number of carbonyl (C=O) groups excluding carboxylic acids is 1. The summed E-state index contributed by atoms with van der Waals surface area (Å²) < 4.78 is 5.49. The van der Waals surface area contributed by atoms with Crippen molar-refractivity contribution in [3.8, 4) is 11.5 Å². The zero-order chi connectivity index (χ0) is 20.4. The van der Waals surface area contributed by atoms with E-state index in [4.69, 9.17) is 4.42 Å². The first-order chi connectivity index (χ1) is 14.0. The van der Waals surface area contributed by atoms with Crippen molar-refractivity contribution in [3.63, 3.8) is 0 Å². The highest BCUT2D eigenvalue weighted by Crippen LogP contribution is 2.28. The van der Waals surface area contributed by atoms with Crippen LogP contribution >= 0.6 is 12.4 Å². The summed E-state index contributed by atoms with van der Waals surface area (Å²) in [5, 5.41) is 7.96. The van der Waals surface area contributed by atoms with Crippen molar-refractivity contribution in [2.45, 2.75) is 39.7 Å². The van der Waals surface area contributed by atoms with Gasteiger partial charge in [-0.3, -0.25) is 9.69 Å². The minimum Gasteiger partial charge on any atom is -0.421 e. The average Bonchev–Trinajstić information content (AvgIpc) is 3.30. The Morgan fingerprint density at radius 1 is 1.07 bits per heavy atom. The fourth-order valence-corrected chi connectivity index (χ4v) is 4.36. The second-order valence-corrected chi connectivity index (χ2v) is 8.41. The van der Waals surface area contributed by atoms with Crippen molar-refractivity contribution in [2.75, 3.05) is 44.2 Å². The van der Waals surface area contributed by atoms with E-state index >= 15 is 0 Å². The van der Waals surface area contributed by atoms with Gasteiger partial charge in [0.05, 0.1) is 5.92 Å². The molecule has 2 aliphatic heterocycles. The Hall–Kier alpha value is -2.12. The maximum Gasteiger partial charge on any atom is 0.247 e. The van der Waals surface area contributed by atoms with E-state index in [-0.39, 0.29) is 18.3 Å². The number of carbonyl (C=O) groups is 1. The Kier molecular flexibility index (Phi) is 7.36. The van der Waals surface area contributed by atoms with E-state index in [0.29, 0.717) is 23.7 Å². The fraction of sp³-hybridized carbons (Fsp3) is 0.591. The molecule has 0 saturated carbocycles. The zero-order valence-electron chi connectivity index (χ0n) is 18.1. The first kappa shape index (κ1) is 22.6. The lowest BCUT2D eigenvalue weighted by atomic mass is 10.1. The molecule has 1 aromatic heterocycles. The third kappa shape index (κ3) is 4.95. The van der Waals surface area contributed by atoms with E-state index in [0.717, 1.165) is 63.4 Å². The molecule has 8 heteroatoms. The van der Waals surface area contributed by atoms with E-state index in [1.54, 1.807) is 6.92 Å². The van der Waals surface area contributed by atoms with Gasteiger partial charge in [0.2, 0.25) is 17.7 Å². The Labute approximate surface area is 184 Å². The highest BCUT2D eigenvalue weighted by atomic mass is 35.5. The maximum atomic E-state index is 13.1. The predicted molar refractivity (Wildman–Crippen MR) is 120 cm³/mol. The summed E-state index contributed by atoms with van der Waals surface area (Å²) in [5.41, 5.74) is 2.06. The van der Waals surface area contributed by atoms with E-state index in [1.165, 1.54) is 0 Å². The number of anilines is 1. The van der Waals surface area contributed by atoms with Gasteiger partial charge in [0.1, 0.15) is 0 Å². The molecule has 164 valence electrons. The Morgan fingerprint density at radius 3 is 2.50 bits per heavy atom. The molecule has 2 aliphatic rings. The third-order valence-electron chi connectivity index (χ3n) is 6.12. The third-order valence-corrected chi connectivity index (χ3v) is 6.12. The lowest BCUT2D eigenvalue weighted by Gasteiger charge is -2.26. The van der Waals surface area contributed by atoms with Gasteiger partial charge in [0, 0.05) is 63.5 Å². The molecule has 2 aromatic rings. The number of aryl methyl sites for hydroxylation is 1. The topological polar surface area (TPSA) is 65.7 Å². The van der Waals surface area contributed by atoms with Crippen LogP contribution in [-0.2, 0) is 4.79 Å². The van der Waals surface area contributed by atoms with Gasteiger partial charge in [0.15, 0.2) is 0 Å². The summed E-state index contributed by atoms with van der Waals surface area (Å²) in [6.45, 7) is 11.8. The molecule has 1 atom stereocenters. The van der Waals surface area contributed by atoms with E-state index in [9.17, 15) is 4.79 Å². The van der Waals surface area contributed by atoms with Crippen LogP contribution in [0.2, 0.25) is 0 Å². The molecule has 30 heavy (non-hydrogen) atoms. The van der Waals surface area contributed by atoms with E-state index in [2.05, 4.69) is 50.9 Å². The van der Waals surface area contributed by atoms with Crippen LogP contribution in [0.1, 0.15) is 32.6 Å². The molecule has 0 spiro atoms. The van der Waals surface area contributed by atoms with Crippen LogP contribution in [0.25, 0.3) is 11.5 Å². The zero-order valence-corrected chi connectivity index (χ0v) is 18.9. The first-order valence-corrected chi connectivity index (χ1v) is 10.7. The Morgan fingerprint density at radius 2 is 1.83 bits per heavy atom. The quantitative estimate of drug-likeness (QED) is 0.737. The van der Waals surface area contributed by atoms with Crippen LogP contribution in [-0.4, -0.2) is 71.2 Å². The second kappa shape index (κ2) is 9.79. The van der Waals surface area contributed by atoms with Gasteiger partial charge in [-0.25, -0.2) is 0 Å². The number of nitrogens with zero attached hydrogens (tertiary/aromatic N) is 5. The normalized spacial score (nSPS) is 20.3. The minimum atomic E-state index is 0. The SMILES string of the molecule is Cc1nnc(-c2ccc(N3CC[C@H](C(=O)N4CCCN(C(C)C)CC4)C3)cc2)o1.Cl. The number of rotatable bonds is 4. The van der Waals surface area contributed by atoms with Crippen molar-refractivity contribution in [3.05, 3.63) is 30.2 Å². The number of benzene rings is 1. The van der Waals surface area contributed by atoms with E-state index in [1.807, 2.05) is 12.1 Å². The highest BCUT2D eigenvalue weighted by Gasteiger charge is 2.32. The van der Waals surface area contributed by atoms with Crippen LogP contribution in [0.15, 0.2) is 28.7 Å². The van der Waals surface area contributed by atoms with E-state index < -0.39 is 0 Å². The van der Waals surface area contributed by atoms with Crippen LogP contribution in [0.3, 0.4) is 0 Å². The van der Waals surface area contributed by atoms with Crippen molar-refractivity contribution >= 4 is 24.0 Å². The molecule has 1 amide bonds. The van der Waals surface area contributed by atoms with Gasteiger partial charge in [-0.05, 0) is 51.0 Å². The lowest BCUT2D eigenvalue weighted by molar-refractivity contribution is -0.134. The molecule has 0 unspecified atom stereocenters. The molecule has 1 aromatic carbocycles. The standard InChI is InChI=1S/C22H31N5O2.ClH/c1-16(2)25-10-4-11-26(14-13-25)22(28)19-9-12-27(15-19)20-7-5-18(6-8-20)21-24-23-17(3)29-21;/h5-8,16,19H,4,9-15H2,1-3H3;1H/t19-;/m0./s1. The van der Waals surface area contributed by atoms with Crippen molar-refractivity contribution in [2.24, 2.45) is 5.92 Å².